The van der Waals surface area contributed by atoms with Crippen molar-refractivity contribution in [2.24, 2.45) is 5.92 Å². The van der Waals surface area contributed by atoms with E-state index in [9.17, 15) is 23.3 Å². The zero-order valence-electron chi connectivity index (χ0n) is 19.2. The fourth-order valence-electron chi connectivity index (χ4n) is 5.25. The quantitative estimate of drug-likeness (QED) is 0.475. The standard InChI is InChI=1S/C23H34N4O5S/c28-23(25-12-4-1-2-5-13-25)19-10-16-24(17-11-19)21-9-8-20(18-22(21)27(29)30)33(31,32)26-14-6-3-7-15-26/h8-9,18-19H,1-7,10-17H2. The maximum absolute atomic E-state index is 13.0. The van der Waals surface area contributed by atoms with E-state index >= 15 is 0 Å². The van der Waals surface area contributed by atoms with E-state index < -0.39 is 14.9 Å². The van der Waals surface area contributed by atoms with Crippen molar-refractivity contribution in [2.45, 2.75) is 62.7 Å². The molecule has 1 amide bonds. The molecule has 1 aromatic rings. The van der Waals surface area contributed by atoms with Gasteiger partial charge >= 0.3 is 0 Å². The summed E-state index contributed by atoms with van der Waals surface area (Å²) in [6, 6.07) is 4.25. The number of benzene rings is 1. The summed E-state index contributed by atoms with van der Waals surface area (Å²) in [7, 11) is -3.74. The molecule has 3 aliphatic heterocycles. The minimum Gasteiger partial charge on any atom is -0.366 e. The van der Waals surface area contributed by atoms with Crippen LogP contribution in [-0.2, 0) is 14.8 Å². The Bertz CT molecular complexity index is 961. The van der Waals surface area contributed by atoms with Gasteiger partial charge in [-0.1, -0.05) is 19.3 Å². The number of carbonyl (C=O) groups is 1. The second kappa shape index (κ2) is 10.4. The molecule has 0 saturated carbocycles. The van der Waals surface area contributed by atoms with Crippen molar-refractivity contribution < 1.29 is 18.1 Å². The third-order valence-electron chi connectivity index (χ3n) is 7.20. The fourth-order valence-corrected chi connectivity index (χ4v) is 6.79. The summed E-state index contributed by atoms with van der Waals surface area (Å²) in [6.07, 6.45) is 8.40. The van der Waals surface area contributed by atoms with E-state index in [2.05, 4.69) is 0 Å². The molecule has 3 aliphatic rings. The minimum absolute atomic E-state index is 0.0222. The maximum Gasteiger partial charge on any atom is 0.293 e. The zero-order chi connectivity index (χ0) is 23.4. The van der Waals surface area contributed by atoms with Gasteiger partial charge < -0.3 is 9.80 Å². The molecule has 9 nitrogen and oxygen atoms in total. The van der Waals surface area contributed by atoms with E-state index in [-0.39, 0.29) is 22.4 Å². The molecule has 0 bridgehead atoms. The lowest BCUT2D eigenvalue weighted by atomic mass is 9.94. The van der Waals surface area contributed by atoms with Crippen LogP contribution in [0, 0.1) is 16.0 Å². The third-order valence-corrected chi connectivity index (χ3v) is 9.09. The van der Waals surface area contributed by atoms with Crippen LogP contribution in [0.3, 0.4) is 0 Å². The van der Waals surface area contributed by atoms with Crippen molar-refractivity contribution >= 4 is 27.3 Å². The second-order valence-corrected chi connectivity index (χ2v) is 11.3. The van der Waals surface area contributed by atoms with E-state index in [1.54, 1.807) is 6.07 Å². The molecular weight excluding hydrogens is 444 g/mol. The van der Waals surface area contributed by atoms with Crippen molar-refractivity contribution in [3.63, 3.8) is 0 Å². The first kappa shape index (κ1) is 23.9. The van der Waals surface area contributed by atoms with Gasteiger partial charge in [-0.15, -0.1) is 0 Å². The van der Waals surface area contributed by atoms with Crippen LogP contribution < -0.4 is 4.90 Å². The van der Waals surface area contributed by atoms with E-state index in [4.69, 9.17) is 0 Å². The van der Waals surface area contributed by atoms with Crippen molar-refractivity contribution in [2.75, 3.05) is 44.2 Å². The van der Waals surface area contributed by atoms with Crippen molar-refractivity contribution in [3.05, 3.63) is 28.3 Å². The van der Waals surface area contributed by atoms with Gasteiger partial charge in [0.05, 0.1) is 9.82 Å². The van der Waals surface area contributed by atoms with Crippen molar-refractivity contribution in [1.29, 1.82) is 0 Å². The summed E-state index contributed by atoms with van der Waals surface area (Å²) in [5.74, 6) is 0.172. The van der Waals surface area contributed by atoms with Crippen LogP contribution >= 0.6 is 0 Å². The molecule has 3 heterocycles. The molecule has 10 heteroatoms. The lowest BCUT2D eigenvalue weighted by molar-refractivity contribution is -0.384. The van der Waals surface area contributed by atoms with Crippen LogP contribution in [0.4, 0.5) is 11.4 Å². The van der Waals surface area contributed by atoms with Gasteiger partial charge in [-0.2, -0.15) is 4.31 Å². The third kappa shape index (κ3) is 5.32. The second-order valence-electron chi connectivity index (χ2n) is 9.37. The number of nitro groups is 1. The molecule has 4 rings (SSSR count). The van der Waals surface area contributed by atoms with E-state index in [1.807, 2.05) is 9.80 Å². The normalized spacial score (nSPS) is 21.6. The molecule has 0 aliphatic carbocycles. The summed E-state index contributed by atoms with van der Waals surface area (Å²) in [6.45, 7) is 3.66. The van der Waals surface area contributed by atoms with Gasteiger partial charge in [0.2, 0.25) is 15.9 Å². The molecule has 0 atom stereocenters. The number of carbonyl (C=O) groups excluding carboxylic acids is 1. The van der Waals surface area contributed by atoms with Gasteiger partial charge in [-0.3, -0.25) is 14.9 Å². The number of rotatable bonds is 5. The molecule has 0 N–H and O–H groups in total. The number of amides is 1. The summed E-state index contributed by atoms with van der Waals surface area (Å²) >= 11 is 0. The predicted octanol–water partition coefficient (Wildman–Crippen LogP) is 3.39. The first-order valence-electron chi connectivity index (χ1n) is 12.2. The number of piperidine rings is 2. The van der Waals surface area contributed by atoms with Crippen LogP contribution in [0.5, 0.6) is 0 Å². The highest BCUT2D eigenvalue weighted by Crippen LogP contribution is 2.35. The van der Waals surface area contributed by atoms with Gasteiger partial charge in [-0.25, -0.2) is 8.42 Å². The van der Waals surface area contributed by atoms with Crippen molar-refractivity contribution in [1.82, 2.24) is 9.21 Å². The Morgan fingerprint density at radius 3 is 2.06 bits per heavy atom. The minimum atomic E-state index is -3.74. The molecule has 1 aromatic carbocycles. The van der Waals surface area contributed by atoms with Crippen LogP contribution in [0.25, 0.3) is 0 Å². The number of anilines is 1. The Balaban J connectivity index is 1.47. The lowest BCUT2D eigenvalue weighted by Crippen LogP contribution is -2.43. The van der Waals surface area contributed by atoms with Gasteiger partial charge in [0.25, 0.3) is 5.69 Å². The Morgan fingerprint density at radius 1 is 0.879 bits per heavy atom. The van der Waals surface area contributed by atoms with E-state index in [0.29, 0.717) is 44.7 Å². The van der Waals surface area contributed by atoms with Crippen LogP contribution in [-0.4, -0.2) is 67.7 Å². The van der Waals surface area contributed by atoms with Gasteiger partial charge in [0.1, 0.15) is 5.69 Å². The average Bonchev–Trinajstić information content (AvgIpc) is 3.13. The largest absolute Gasteiger partial charge is 0.366 e. The van der Waals surface area contributed by atoms with E-state index in [0.717, 1.165) is 45.2 Å². The SMILES string of the molecule is O=C(C1CCN(c2ccc(S(=O)(=O)N3CCCCC3)cc2[N+](=O)[O-])CC1)N1CCCCCC1. The number of hydrogen-bond donors (Lipinski definition) is 0. The van der Waals surface area contributed by atoms with Crippen LogP contribution in [0.15, 0.2) is 23.1 Å². The molecule has 0 radical (unpaired) electrons. The Labute approximate surface area is 195 Å². The van der Waals surface area contributed by atoms with E-state index in [1.165, 1.54) is 29.3 Å². The average molecular weight is 479 g/mol. The van der Waals surface area contributed by atoms with Gasteiger partial charge in [0.15, 0.2) is 0 Å². The molecule has 3 fully saturated rings. The summed E-state index contributed by atoms with van der Waals surface area (Å²) in [5.41, 5.74) is 0.239. The highest BCUT2D eigenvalue weighted by molar-refractivity contribution is 7.89. The molecule has 0 unspecified atom stereocenters. The maximum atomic E-state index is 13.0. The number of sulfonamides is 1. The highest BCUT2D eigenvalue weighted by atomic mass is 32.2. The molecule has 0 aromatic heterocycles. The topological polar surface area (TPSA) is 104 Å². The molecule has 182 valence electrons. The molecule has 3 saturated heterocycles. The first-order valence-corrected chi connectivity index (χ1v) is 13.6. The Hall–Kier alpha value is -2.20. The lowest BCUT2D eigenvalue weighted by Gasteiger charge is -2.35. The summed E-state index contributed by atoms with van der Waals surface area (Å²) < 4.78 is 27.4. The number of hydrogen-bond acceptors (Lipinski definition) is 6. The highest BCUT2D eigenvalue weighted by Gasteiger charge is 2.33. The molecular formula is C23H34N4O5S. The molecule has 33 heavy (non-hydrogen) atoms. The fraction of sp³-hybridized carbons (Fsp3) is 0.696. The number of likely N-dealkylation sites (tertiary alicyclic amines) is 1. The summed E-state index contributed by atoms with van der Waals surface area (Å²) in [4.78, 5) is 28.2. The van der Waals surface area contributed by atoms with Crippen molar-refractivity contribution in [3.8, 4) is 0 Å². The monoisotopic (exact) mass is 478 g/mol. The van der Waals surface area contributed by atoms with Crippen LogP contribution in [0.2, 0.25) is 0 Å². The summed E-state index contributed by atoms with van der Waals surface area (Å²) in [5, 5.41) is 11.8. The Kier molecular flexibility index (Phi) is 7.53. The van der Waals surface area contributed by atoms with Crippen LogP contribution in [0.1, 0.15) is 57.8 Å². The number of nitrogens with zero attached hydrogens (tertiary/aromatic N) is 4. The predicted molar refractivity (Wildman–Crippen MR) is 126 cm³/mol. The first-order chi connectivity index (χ1) is 15.9. The Morgan fingerprint density at radius 2 is 1.45 bits per heavy atom. The smallest absolute Gasteiger partial charge is 0.293 e. The number of nitro benzene ring substituents is 1. The zero-order valence-corrected chi connectivity index (χ0v) is 20.0. The molecule has 0 spiro atoms. The van der Waals surface area contributed by atoms with Gasteiger partial charge in [0, 0.05) is 51.3 Å². The van der Waals surface area contributed by atoms with Gasteiger partial charge in [-0.05, 0) is 50.7 Å².